The molecular formula is C23H29Cl2SiZr. The van der Waals surface area contributed by atoms with Gasteiger partial charge in [0.1, 0.15) is 0 Å². The first-order valence-electron chi connectivity index (χ1n) is 9.32. The van der Waals surface area contributed by atoms with Crippen LogP contribution in [-0.2, 0) is 27.8 Å². The van der Waals surface area contributed by atoms with E-state index in [9.17, 15) is 0 Å². The zero-order valence-corrected chi connectivity index (χ0v) is 22.1. The van der Waals surface area contributed by atoms with E-state index in [-0.39, 0.29) is 58.5 Å². The van der Waals surface area contributed by atoms with Crippen molar-refractivity contribution in [3.63, 3.8) is 0 Å². The smallest absolute Gasteiger partial charge is 1.00 e. The number of hydrogen-bond acceptors (Lipinski definition) is 0. The van der Waals surface area contributed by atoms with E-state index < -0.39 is 0 Å². The first kappa shape index (κ1) is 24.9. The van der Waals surface area contributed by atoms with E-state index in [2.05, 4.69) is 89.3 Å². The maximum Gasteiger partial charge on any atom is -1.00 e. The minimum Gasteiger partial charge on any atom is -1.00 e. The predicted molar refractivity (Wildman–Crippen MR) is 109 cm³/mol. The number of hydrogen-bond donors (Lipinski definition) is 0. The van der Waals surface area contributed by atoms with Crippen LogP contribution in [-0.4, -0.2) is 5.92 Å². The van der Waals surface area contributed by atoms with Crippen molar-refractivity contribution in [1.29, 1.82) is 0 Å². The van der Waals surface area contributed by atoms with Gasteiger partial charge in [0.15, 0.2) is 0 Å². The Kier molecular flexibility index (Phi) is 9.28. The summed E-state index contributed by atoms with van der Waals surface area (Å²) >= 11 is -0.342. The average Bonchev–Trinajstić information content (AvgIpc) is 2.91. The molecule has 1 radical (unpaired) electrons. The van der Waals surface area contributed by atoms with Gasteiger partial charge in [-0.05, 0) is 0 Å². The molecule has 0 aliphatic heterocycles. The Bertz CT molecular complexity index is 789. The van der Waals surface area contributed by atoms with Crippen LogP contribution < -0.4 is 24.8 Å². The minimum atomic E-state index is -0.342. The Morgan fingerprint density at radius 3 is 2.11 bits per heavy atom. The quantitative estimate of drug-likeness (QED) is 0.552. The molecule has 0 heterocycles. The summed E-state index contributed by atoms with van der Waals surface area (Å²) in [5.74, 6) is -0.0708. The summed E-state index contributed by atoms with van der Waals surface area (Å²) in [5, 5.41) is 0. The van der Waals surface area contributed by atoms with Crippen molar-refractivity contribution in [2.45, 2.75) is 56.3 Å². The molecule has 0 fully saturated rings. The Labute approximate surface area is 190 Å². The number of benzene rings is 2. The van der Waals surface area contributed by atoms with Crippen molar-refractivity contribution in [3.8, 4) is 11.1 Å². The van der Waals surface area contributed by atoms with E-state index in [1.165, 1.54) is 28.7 Å². The normalized spacial score (nSPS) is 15.4. The van der Waals surface area contributed by atoms with E-state index in [0.717, 1.165) is 3.63 Å². The zero-order valence-electron chi connectivity index (χ0n) is 17.2. The molecule has 0 spiro atoms. The number of allylic oxidation sites excluding steroid dienone is 1. The van der Waals surface area contributed by atoms with Crippen LogP contribution in [0.5, 0.6) is 0 Å². The van der Waals surface area contributed by atoms with Crippen LogP contribution in [0.3, 0.4) is 0 Å². The van der Waals surface area contributed by atoms with Crippen LogP contribution in [0.1, 0.15) is 54.4 Å². The first-order valence-corrected chi connectivity index (χ1v) is 16.9. The molecule has 0 amide bonds. The molecule has 2 aromatic carbocycles. The summed E-state index contributed by atoms with van der Waals surface area (Å²) < 4.78 is 0.821. The molecule has 0 saturated carbocycles. The van der Waals surface area contributed by atoms with Gasteiger partial charge in [-0.15, -0.1) is 0 Å². The van der Waals surface area contributed by atoms with Crippen molar-refractivity contribution >= 4 is 12.0 Å². The molecule has 1 atom stereocenters. The number of fused-ring (bicyclic) bond motifs is 1. The summed E-state index contributed by atoms with van der Waals surface area (Å²) in [5.41, 5.74) is 9.25. The molecule has 143 valence electrons. The second kappa shape index (κ2) is 10.1. The van der Waals surface area contributed by atoms with Crippen LogP contribution in [0.4, 0.5) is 0 Å². The third kappa shape index (κ3) is 5.47. The van der Waals surface area contributed by atoms with E-state index >= 15 is 0 Å². The van der Waals surface area contributed by atoms with E-state index in [1.807, 2.05) is 0 Å². The fourth-order valence-electron chi connectivity index (χ4n) is 3.63. The van der Waals surface area contributed by atoms with Gasteiger partial charge in [0.25, 0.3) is 0 Å². The zero-order chi connectivity index (χ0) is 18.2. The molecule has 1 aliphatic rings. The monoisotopic (exact) mass is 493 g/mol. The third-order valence-corrected chi connectivity index (χ3v) is 14.0. The van der Waals surface area contributed by atoms with Crippen molar-refractivity contribution < 1.29 is 47.2 Å². The molecule has 0 N–H and O–H groups in total. The molecule has 0 aromatic heterocycles. The van der Waals surface area contributed by atoms with Gasteiger partial charge < -0.3 is 24.8 Å². The summed E-state index contributed by atoms with van der Waals surface area (Å²) in [4.78, 5) is 0. The fourth-order valence-corrected chi connectivity index (χ4v) is 12.6. The Hall–Kier alpha value is -0.140. The maximum absolute atomic E-state index is 2.53. The van der Waals surface area contributed by atoms with Gasteiger partial charge in [0.05, 0.1) is 0 Å². The van der Waals surface area contributed by atoms with Gasteiger partial charge in [0.2, 0.25) is 0 Å². The summed E-state index contributed by atoms with van der Waals surface area (Å²) in [6, 6.07) is 16.2. The van der Waals surface area contributed by atoms with Gasteiger partial charge in [-0.2, -0.15) is 0 Å². The van der Waals surface area contributed by atoms with Gasteiger partial charge in [-0.3, -0.25) is 0 Å². The van der Waals surface area contributed by atoms with Crippen LogP contribution in [0.2, 0.25) is 13.1 Å². The molecule has 27 heavy (non-hydrogen) atoms. The molecule has 0 saturated heterocycles. The molecule has 0 bridgehead atoms. The van der Waals surface area contributed by atoms with Crippen molar-refractivity contribution in [1.82, 2.24) is 0 Å². The first-order chi connectivity index (χ1) is 11.8. The second-order valence-corrected chi connectivity index (χ2v) is 21.5. The predicted octanol–water partition coefficient (Wildman–Crippen LogP) is 0.841. The molecule has 4 heteroatoms. The second-order valence-electron chi connectivity index (χ2n) is 8.29. The van der Waals surface area contributed by atoms with Crippen molar-refractivity contribution in [3.05, 3.63) is 64.7 Å². The van der Waals surface area contributed by atoms with Gasteiger partial charge in [-0.25, -0.2) is 0 Å². The SMILES string of the molecule is CCC1=Cc2c(-c3ccc(C(C)(C)C)cc3)cccc2[CH]1[Zr+2][Si](C)C.[Cl-].[Cl-]. The van der Waals surface area contributed by atoms with Gasteiger partial charge >= 0.3 is 167 Å². The Morgan fingerprint density at radius 1 is 0.963 bits per heavy atom. The standard InChI is InChI=1S/C21H23.C2H6Si.2ClH.Zr/c1-5-15-13-17-7-6-8-19(20(17)14-15)16-9-11-18(12-10-16)21(2,3)4;1-3-2;;;/h6-14H,5H2,1-4H3;1-2H3;2*1H;/q;;;;+2/p-2. The maximum atomic E-state index is 2.53. The minimum absolute atomic E-state index is 0. The topological polar surface area (TPSA) is 0 Å². The van der Waals surface area contributed by atoms with Crippen LogP contribution in [0, 0.1) is 0 Å². The molecule has 2 aromatic rings. The molecule has 3 rings (SSSR count). The summed E-state index contributed by atoms with van der Waals surface area (Å²) in [6.07, 6.45) is 3.73. The van der Waals surface area contributed by atoms with Crippen LogP contribution in [0.15, 0.2) is 48.0 Å². The summed E-state index contributed by atoms with van der Waals surface area (Å²) in [7, 11) is 0. The van der Waals surface area contributed by atoms with E-state index in [1.54, 1.807) is 11.1 Å². The Balaban J connectivity index is 0.00000182. The van der Waals surface area contributed by atoms with Crippen molar-refractivity contribution in [2.24, 2.45) is 0 Å². The fraction of sp³-hybridized carbons (Fsp3) is 0.391. The third-order valence-electron chi connectivity index (χ3n) is 5.05. The summed E-state index contributed by atoms with van der Waals surface area (Å²) in [6.45, 7) is 14.2. The Morgan fingerprint density at radius 2 is 1.59 bits per heavy atom. The van der Waals surface area contributed by atoms with Crippen LogP contribution in [0.25, 0.3) is 17.2 Å². The molecule has 0 nitrogen and oxygen atoms in total. The number of halogens is 2. The molecule has 1 unspecified atom stereocenters. The molecular weight excluding hydrogens is 466 g/mol. The van der Waals surface area contributed by atoms with E-state index in [4.69, 9.17) is 0 Å². The largest absolute Gasteiger partial charge is 1.00 e. The van der Waals surface area contributed by atoms with Crippen LogP contribution >= 0.6 is 0 Å². The molecule has 1 aliphatic carbocycles. The van der Waals surface area contributed by atoms with Crippen molar-refractivity contribution in [2.75, 3.05) is 0 Å². The number of rotatable bonds is 4. The van der Waals surface area contributed by atoms with Gasteiger partial charge in [-0.1, -0.05) is 0 Å². The van der Waals surface area contributed by atoms with E-state index in [0.29, 0.717) is 0 Å². The average molecular weight is 496 g/mol. The van der Waals surface area contributed by atoms with Gasteiger partial charge in [0, 0.05) is 0 Å².